The first kappa shape index (κ1) is 19.2. The van der Waals surface area contributed by atoms with Crippen molar-refractivity contribution >= 4 is 27.3 Å². The summed E-state index contributed by atoms with van der Waals surface area (Å²) in [5.74, 6) is 0.362. The van der Waals surface area contributed by atoms with Crippen molar-refractivity contribution in [1.29, 1.82) is 0 Å². The summed E-state index contributed by atoms with van der Waals surface area (Å²) in [5.41, 5.74) is 2.02. The van der Waals surface area contributed by atoms with Crippen LogP contribution in [0, 0.1) is 0 Å². The van der Waals surface area contributed by atoms with E-state index in [9.17, 15) is 13.2 Å². The Labute approximate surface area is 160 Å². The molecule has 1 fully saturated rings. The molecule has 0 radical (unpaired) electrons. The van der Waals surface area contributed by atoms with E-state index in [1.807, 2.05) is 19.1 Å². The number of amides is 1. The van der Waals surface area contributed by atoms with Crippen molar-refractivity contribution in [2.75, 3.05) is 23.3 Å². The van der Waals surface area contributed by atoms with Crippen molar-refractivity contribution in [2.45, 2.75) is 37.5 Å². The molecule has 6 nitrogen and oxygen atoms in total. The number of rotatable bonds is 6. The molecule has 1 saturated heterocycles. The van der Waals surface area contributed by atoms with Crippen LogP contribution in [0.5, 0.6) is 5.75 Å². The fraction of sp³-hybridized carbons (Fsp3) is 0.350. The molecule has 1 heterocycles. The topological polar surface area (TPSA) is 75.7 Å². The van der Waals surface area contributed by atoms with E-state index in [0.29, 0.717) is 30.1 Å². The van der Waals surface area contributed by atoms with Crippen LogP contribution >= 0.6 is 0 Å². The van der Waals surface area contributed by atoms with Crippen molar-refractivity contribution in [1.82, 2.24) is 0 Å². The van der Waals surface area contributed by atoms with Gasteiger partial charge in [-0.15, -0.1) is 0 Å². The van der Waals surface area contributed by atoms with Gasteiger partial charge in [-0.1, -0.05) is 19.1 Å². The fourth-order valence-corrected chi connectivity index (χ4v) is 4.45. The molecule has 0 unspecified atom stereocenters. The third-order valence-corrected chi connectivity index (χ3v) is 6.06. The highest BCUT2D eigenvalue weighted by Gasteiger charge is 2.22. The Balaban J connectivity index is 1.90. The number of methoxy groups -OCH3 is 1. The van der Waals surface area contributed by atoms with E-state index in [1.54, 1.807) is 35.2 Å². The van der Waals surface area contributed by atoms with Crippen molar-refractivity contribution in [3.8, 4) is 5.75 Å². The monoisotopic (exact) mass is 388 g/mol. The van der Waals surface area contributed by atoms with Gasteiger partial charge in [-0.3, -0.25) is 9.52 Å². The van der Waals surface area contributed by atoms with Crippen molar-refractivity contribution in [2.24, 2.45) is 0 Å². The number of hydrogen-bond donors (Lipinski definition) is 1. The van der Waals surface area contributed by atoms with Crippen LogP contribution in [-0.2, 0) is 21.2 Å². The Morgan fingerprint density at radius 1 is 1.15 bits per heavy atom. The molecule has 3 rings (SSSR count). The van der Waals surface area contributed by atoms with E-state index < -0.39 is 10.0 Å². The van der Waals surface area contributed by atoms with Crippen LogP contribution in [0.1, 0.15) is 31.7 Å². The van der Waals surface area contributed by atoms with Gasteiger partial charge in [-0.25, -0.2) is 8.42 Å². The number of piperidine rings is 1. The maximum Gasteiger partial charge on any atom is 0.265 e. The van der Waals surface area contributed by atoms with Gasteiger partial charge in [0.1, 0.15) is 10.6 Å². The molecular weight excluding hydrogens is 364 g/mol. The normalized spacial score (nSPS) is 14.9. The number of aryl methyl sites for hydroxylation is 1. The number of ether oxygens (including phenoxy) is 1. The fourth-order valence-electron chi connectivity index (χ4n) is 3.18. The molecule has 27 heavy (non-hydrogen) atoms. The summed E-state index contributed by atoms with van der Waals surface area (Å²) < 4.78 is 33.7. The van der Waals surface area contributed by atoms with Crippen LogP contribution in [0.2, 0.25) is 0 Å². The lowest BCUT2D eigenvalue weighted by molar-refractivity contribution is -0.119. The van der Waals surface area contributed by atoms with E-state index in [4.69, 9.17) is 4.74 Å². The standard InChI is InChI=1S/C20H24N2O4S/c1-3-15-10-11-18(26-2)19(13-15)27(24,25)21-16-7-6-8-17(14-16)22-12-5-4-9-20(22)23/h6-8,10-11,13-14,21H,3-5,9,12H2,1-2H3. The van der Waals surface area contributed by atoms with Crippen molar-refractivity contribution in [3.63, 3.8) is 0 Å². The summed E-state index contributed by atoms with van der Waals surface area (Å²) >= 11 is 0. The second-order valence-corrected chi connectivity index (χ2v) is 8.15. The highest BCUT2D eigenvalue weighted by Crippen LogP contribution is 2.29. The quantitative estimate of drug-likeness (QED) is 0.821. The summed E-state index contributed by atoms with van der Waals surface area (Å²) in [7, 11) is -2.38. The number of sulfonamides is 1. The van der Waals surface area contributed by atoms with E-state index in [2.05, 4.69) is 4.72 Å². The molecule has 0 aromatic heterocycles. The van der Waals surface area contributed by atoms with Gasteiger partial charge < -0.3 is 9.64 Å². The zero-order valence-electron chi connectivity index (χ0n) is 15.6. The molecule has 1 amide bonds. The Morgan fingerprint density at radius 3 is 2.67 bits per heavy atom. The van der Waals surface area contributed by atoms with Gasteiger partial charge in [0.2, 0.25) is 5.91 Å². The number of nitrogens with one attached hydrogen (secondary N) is 1. The van der Waals surface area contributed by atoms with Gasteiger partial charge >= 0.3 is 0 Å². The number of anilines is 2. The Hall–Kier alpha value is -2.54. The number of benzene rings is 2. The largest absolute Gasteiger partial charge is 0.495 e. The maximum absolute atomic E-state index is 12.9. The zero-order valence-corrected chi connectivity index (χ0v) is 16.4. The number of nitrogens with zero attached hydrogens (tertiary/aromatic N) is 1. The van der Waals surface area contributed by atoms with Crippen LogP contribution in [0.3, 0.4) is 0 Å². The smallest absolute Gasteiger partial charge is 0.265 e. The highest BCUT2D eigenvalue weighted by atomic mass is 32.2. The molecule has 0 atom stereocenters. The summed E-state index contributed by atoms with van der Waals surface area (Å²) in [5, 5.41) is 0. The minimum Gasteiger partial charge on any atom is -0.495 e. The molecule has 2 aromatic rings. The lowest BCUT2D eigenvalue weighted by atomic mass is 10.1. The predicted octanol–water partition coefficient (Wildman–Crippen LogP) is 3.58. The van der Waals surface area contributed by atoms with Crippen LogP contribution in [0.15, 0.2) is 47.4 Å². The van der Waals surface area contributed by atoms with E-state index in [-0.39, 0.29) is 10.8 Å². The van der Waals surface area contributed by atoms with E-state index in [1.165, 1.54) is 7.11 Å². The van der Waals surface area contributed by atoms with Crippen LogP contribution in [-0.4, -0.2) is 28.0 Å². The summed E-state index contributed by atoms with van der Waals surface area (Å²) in [6, 6.07) is 12.1. The second-order valence-electron chi connectivity index (χ2n) is 6.50. The Kier molecular flexibility index (Phi) is 5.70. The summed E-state index contributed by atoms with van der Waals surface area (Å²) in [4.78, 5) is 13.9. The van der Waals surface area contributed by atoms with Crippen molar-refractivity contribution in [3.05, 3.63) is 48.0 Å². The SMILES string of the molecule is CCc1ccc(OC)c(S(=O)(=O)Nc2cccc(N3CCCCC3=O)c2)c1. The number of hydrogen-bond acceptors (Lipinski definition) is 4. The average molecular weight is 388 g/mol. The van der Waals surface area contributed by atoms with Gasteiger partial charge in [0.15, 0.2) is 0 Å². The Morgan fingerprint density at radius 2 is 1.96 bits per heavy atom. The first-order chi connectivity index (χ1) is 12.9. The minimum absolute atomic E-state index is 0.0681. The zero-order chi connectivity index (χ0) is 19.4. The average Bonchev–Trinajstić information content (AvgIpc) is 2.67. The first-order valence-corrected chi connectivity index (χ1v) is 10.5. The molecule has 0 aliphatic carbocycles. The molecule has 0 bridgehead atoms. The predicted molar refractivity (Wildman–Crippen MR) is 106 cm³/mol. The molecule has 1 aliphatic rings. The third kappa shape index (κ3) is 4.24. The molecule has 144 valence electrons. The third-order valence-electron chi connectivity index (χ3n) is 4.66. The molecular formula is C20H24N2O4S. The molecule has 7 heteroatoms. The number of carbonyl (C=O) groups excluding carboxylic acids is 1. The summed E-state index contributed by atoms with van der Waals surface area (Å²) in [6.07, 6.45) is 3.09. The van der Waals surface area contributed by atoms with Gasteiger partial charge in [-0.2, -0.15) is 0 Å². The first-order valence-electron chi connectivity index (χ1n) is 9.05. The Bertz CT molecular complexity index is 941. The molecule has 2 aromatic carbocycles. The summed E-state index contributed by atoms with van der Waals surface area (Å²) in [6.45, 7) is 2.62. The van der Waals surface area contributed by atoms with Gasteiger partial charge in [-0.05, 0) is 55.2 Å². The van der Waals surface area contributed by atoms with Gasteiger partial charge in [0, 0.05) is 18.7 Å². The van der Waals surface area contributed by atoms with Crippen molar-refractivity contribution < 1.29 is 17.9 Å². The van der Waals surface area contributed by atoms with Crippen LogP contribution in [0.4, 0.5) is 11.4 Å². The molecule has 0 saturated carbocycles. The highest BCUT2D eigenvalue weighted by molar-refractivity contribution is 7.92. The van der Waals surface area contributed by atoms with Gasteiger partial charge in [0.25, 0.3) is 10.0 Å². The maximum atomic E-state index is 12.9. The lowest BCUT2D eigenvalue weighted by Gasteiger charge is -2.27. The minimum atomic E-state index is -3.83. The van der Waals surface area contributed by atoms with E-state index in [0.717, 1.165) is 24.8 Å². The molecule has 1 N–H and O–H groups in total. The lowest BCUT2D eigenvalue weighted by Crippen LogP contribution is -2.35. The van der Waals surface area contributed by atoms with Crippen LogP contribution in [0.25, 0.3) is 0 Å². The number of carbonyl (C=O) groups is 1. The molecule has 0 spiro atoms. The van der Waals surface area contributed by atoms with E-state index >= 15 is 0 Å². The second kappa shape index (κ2) is 8.00. The van der Waals surface area contributed by atoms with Gasteiger partial charge in [0.05, 0.1) is 12.8 Å². The van der Waals surface area contributed by atoms with Crippen LogP contribution < -0.4 is 14.4 Å². The molecule has 1 aliphatic heterocycles.